The van der Waals surface area contributed by atoms with Gasteiger partial charge >= 0.3 is 0 Å². The first kappa shape index (κ1) is 13.1. The van der Waals surface area contributed by atoms with Gasteiger partial charge in [-0.15, -0.1) is 24.8 Å². The zero-order valence-corrected chi connectivity index (χ0v) is 7.25. The van der Waals surface area contributed by atoms with Gasteiger partial charge in [0.1, 0.15) is 0 Å². The lowest BCUT2D eigenvalue weighted by molar-refractivity contribution is 0.151. The first-order chi connectivity index (χ1) is 3.84. The summed E-state index contributed by atoms with van der Waals surface area (Å²) < 4.78 is 0. The van der Waals surface area contributed by atoms with Crippen LogP contribution in [-0.2, 0) is 0 Å². The zero-order valence-electron chi connectivity index (χ0n) is 5.62. The highest BCUT2D eigenvalue weighted by molar-refractivity contribution is 5.85. The third-order valence-electron chi connectivity index (χ3n) is 1.61. The van der Waals surface area contributed by atoms with Gasteiger partial charge in [0.25, 0.3) is 0 Å². The van der Waals surface area contributed by atoms with Crippen molar-refractivity contribution in [2.24, 2.45) is 11.7 Å². The van der Waals surface area contributed by atoms with E-state index in [4.69, 9.17) is 10.8 Å². The molecule has 0 saturated carbocycles. The first-order valence-corrected chi connectivity index (χ1v) is 2.93. The largest absolute Gasteiger partial charge is 0.391 e. The van der Waals surface area contributed by atoms with Gasteiger partial charge in [-0.1, -0.05) is 0 Å². The number of aliphatic hydroxyl groups is 1. The van der Waals surface area contributed by atoms with Crippen molar-refractivity contribution in [1.29, 1.82) is 0 Å². The molecule has 4 N–H and O–H groups in total. The molecule has 1 fully saturated rings. The average Bonchev–Trinajstić information content (AvgIpc) is 2.14. The van der Waals surface area contributed by atoms with Gasteiger partial charge in [0, 0.05) is 19.0 Å². The summed E-state index contributed by atoms with van der Waals surface area (Å²) >= 11 is 0. The van der Waals surface area contributed by atoms with Crippen molar-refractivity contribution in [1.82, 2.24) is 5.32 Å². The third kappa shape index (κ3) is 3.03. The average molecular weight is 189 g/mol. The Morgan fingerprint density at radius 2 is 2.00 bits per heavy atom. The Hall–Kier alpha value is 0.460. The second-order valence-electron chi connectivity index (χ2n) is 2.22. The number of hydrogen-bond acceptors (Lipinski definition) is 3. The zero-order chi connectivity index (χ0) is 5.98. The molecule has 3 nitrogen and oxygen atoms in total. The minimum Gasteiger partial charge on any atom is -0.391 e. The molecule has 1 rings (SSSR count). The van der Waals surface area contributed by atoms with Crippen molar-refractivity contribution in [2.75, 3.05) is 19.6 Å². The van der Waals surface area contributed by atoms with Crippen LogP contribution in [0, 0.1) is 5.92 Å². The maximum Gasteiger partial charge on any atom is 0.0716 e. The summed E-state index contributed by atoms with van der Waals surface area (Å²) in [5, 5.41) is 12.1. The molecule has 0 aromatic heterocycles. The van der Waals surface area contributed by atoms with Crippen molar-refractivity contribution in [3.8, 4) is 0 Å². The van der Waals surface area contributed by atoms with E-state index in [0.717, 1.165) is 6.54 Å². The lowest BCUT2D eigenvalue weighted by atomic mass is 10.1. The van der Waals surface area contributed by atoms with E-state index in [1.54, 1.807) is 0 Å². The predicted molar refractivity (Wildman–Crippen MR) is 45.9 cm³/mol. The van der Waals surface area contributed by atoms with E-state index >= 15 is 0 Å². The van der Waals surface area contributed by atoms with Crippen LogP contribution in [0.25, 0.3) is 0 Å². The first-order valence-electron chi connectivity index (χ1n) is 2.93. The third-order valence-corrected chi connectivity index (χ3v) is 1.61. The van der Waals surface area contributed by atoms with Crippen molar-refractivity contribution in [3.05, 3.63) is 0 Å². The van der Waals surface area contributed by atoms with Gasteiger partial charge in [-0.2, -0.15) is 0 Å². The molecular weight excluding hydrogens is 175 g/mol. The highest BCUT2D eigenvalue weighted by Gasteiger charge is 2.22. The van der Waals surface area contributed by atoms with Crippen LogP contribution in [0.3, 0.4) is 0 Å². The predicted octanol–water partition coefficient (Wildman–Crippen LogP) is -0.631. The van der Waals surface area contributed by atoms with E-state index in [2.05, 4.69) is 5.32 Å². The van der Waals surface area contributed by atoms with E-state index in [1.165, 1.54) is 0 Å². The van der Waals surface area contributed by atoms with E-state index in [-0.39, 0.29) is 36.8 Å². The lowest BCUT2D eigenvalue weighted by Crippen LogP contribution is -2.25. The summed E-state index contributed by atoms with van der Waals surface area (Å²) in [5.74, 6) is 0.287. The maximum absolute atomic E-state index is 9.05. The van der Waals surface area contributed by atoms with Crippen LogP contribution in [0.2, 0.25) is 0 Å². The number of nitrogens with two attached hydrogens (primary N) is 1. The Bertz CT molecular complexity index is 84.0. The van der Waals surface area contributed by atoms with Crippen LogP contribution in [0.5, 0.6) is 0 Å². The normalized spacial score (nSPS) is 30.6. The molecule has 1 saturated heterocycles. The van der Waals surface area contributed by atoms with Crippen molar-refractivity contribution < 1.29 is 5.11 Å². The van der Waals surface area contributed by atoms with E-state index in [1.807, 2.05) is 0 Å². The van der Waals surface area contributed by atoms with Crippen molar-refractivity contribution >= 4 is 24.8 Å². The number of rotatable bonds is 1. The van der Waals surface area contributed by atoms with Crippen LogP contribution in [0.1, 0.15) is 0 Å². The van der Waals surface area contributed by atoms with Crippen LogP contribution in [-0.4, -0.2) is 30.8 Å². The molecule has 0 radical (unpaired) electrons. The van der Waals surface area contributed by atoms with Gasteiger partial charge in [0.05, 0.1) is 6.10 Å². The molecular formula is C5H14Cl2N2O. The Morgan fingerprint density at radius 1 is 1.40 bits per heavy atom. The summed E-state index contributed by atoms with van der Waals surface area (Å²) in [6.07, 6.45) is -0.208. The van der Waals surface area contributed by atoms with E-state index in [0.29, 0.717) is 13.1 Å². The molecule has 0 bridgehead atoms. The molecule has 0 amide bonds. The quantitative estimate of drug-likeness (QED) is 0.514. The lowest BCUT2D eigenvalue weighted by Gasteiger charge is -2.07. The van der Waals surface area contributed by atoms with Gasteiger partial charge < -0.3 is 16.2 Å². The highest BCUT2D eigenvalue weighted by atomic mass is 35.5. The van der Waals surface area contributed by atoms with Gasteiger partial charge in [0.15, 0.2) is 0 Å². The fourth-order valence-electron chi connectivity index (χ4n) is 0.960. The highest BCUT2D eigenvalue weighted by Crippen LogP contribution is 2.04. The molecule has 2 atom stereocenters. The molecule has 0 aromatic carbocycles. The number of aliphatic hydroxyl groups excluding tert-OH is 1. The summed E-state index contributed by atoms with van der Waals surface area (Å²) in [7, 11) is 0. The maximum atomic E-state index is 9.05. The van der Waals surface area contributed by atoms with Gasteiger partial charge in [0.2, 0.25) is 0 Å². The second kappa shape index (κ2) is 6.19. The smallest absolute Gasteiger partial charge is 0.0716 e. The molecule has 0 aromatic rings. The van der Waals surface area contributed by atoms with Gasteiger partial charge in [-0.25, -0.2) is 0 Å². The Morgan fingerprint density at radius 3 is 2.20 bits per heavy atom. The van der Waals surface area contributed by atoms with Crippen LogP contribution in [0.15, 0.2) is 0 Å². The molecule has 0 spiro atoms. The Kier molecular flexibility index (Phi) is 8.09. The van der Waals surface area contributed by atoms with Crippen molar-refractivity contribution in [2.45, 2.75) is 6.10 Å². The van der Waals surface area contributed by atoms with Crippen LogP contribution in [0.4, 0.5) is 0 Å². The van der Waals surface area contributed by atoms with Gasteiger partial charge in [-0.05, 0) is 6.54 Å². The fraction of sp³-hybridized carbons (Fsp3) is 1.00. The molecule has 1 aliphatic rings. The molecule has 5 heteroatoms. The molecule has 10 heavy (non-hydrogen) atoms. The standard InChI is InChI=1S/C5H12N2O.2ClH/c6-1-4-2-7-3-5(4)8;;/h4-5,7-8H,1-3,6H2;2*1H. The molecule has 64 valence electrons. The van der Waals surface area contributed by atoms with Gasteiger partial charge in [-0.3, -0.25) is 0 Å². The van der Waals surface area contributed by atoms with Crippen LogP contribution < -0.4 is 11.1 Å². The summed E-state index contributed by atoms with van der Waals surface area (Å²) in [6.45, 7) is 2.17. The minimum absolute atomic E-state index is 0. The summed E-state index contributed by atoms with van der Waals surface area (Å²) in [5.41, 5.74) is 5.32. The SMILES string of the molecule is Cl.Cl.NCC1CNCC1O. The molecule has 1 heterocycles. The Labute approximate surface area is 73.2 Å². The minimum atomic E-state index is -0.208. The molecule has 1 aliphatic heterocycles. The van der Waals surface area contributed by atoms with E-state index < -0.39 is 0 Å². The molecule has 2 unspecified atom stereocenters. The van der Waals surface area contributed by atoms with Crippen LogP contribution >= 0.6 is 24.8 Å². The summed E-state index contributed by atoms with van der Waals surface area (Å²) in [6, 6.07) is 0. The number of β-amino-alcohol motifs (C(OH)–C–C–N with tert-alkyl or cyclic N) is 1. The Balaban J connectivity index is 0. The van der Waals surface area contributed by atoms with Crippen molar-refractivity contribution in [3.63, 3.8) is 0 Å². The number of hydrogen-bond donors (Lipinski definition) is 3. The topological polar surface area (TPSA) is 58.3 Å². The number of halogens is 2. The number of nitrogens with one attached hydrogen (secondary N) is 1. The molecule has 0 aliphatic carbocycles. The van der Waals surface area contributed by atoms with E-state index in [9.17, 15) is 0 Å². The fourth-order valence-corrected chi connectivity index (χ4v) is 0.960. The summed E-state index contributed by atoms with van der Waals surface area (Å²) in [4.78, 5) is 0. The second-order valence-corrected chi connectivity index (χ2v) is 2.22. The monoisotopic (exact) mass is 188 g/mol.